The Hall–Kier alpha value is -1.73. The lowest BCUT2D eigenvalue weighted by molar-refractivity contribution is -0.115. The van der Waals surface area contributed by atoms with Crippen LogP contribution in [-0.2, 0) is 4.79 Å². The highest BCUT2D eigenvalue weighted by molar-refractivity contribution is 8.02. The zero-order valence-electron chi connectivity index (χ0n) is 12.1. The molecule has 0 bridgehead atoms. The number of benzene rings is 1. The summed E-state index contributed by atoms with van der Waals surface area (Å²) < 4.78 is 12.1. The monoisotopic (exact) mass is 336 g/mol. The van der Waals surface area contributed by atoms with Crippen molar-refractivity contribution in [2.24, 2.45) is 0 Å². The van der Waals surface area contributed by atoms with Gasteiger partial charge < -0.3 is 14.8 Å². The lowest BCUT2D eigenvalue weighted by Gasteiger charge is -2.13. The maximum Gasteiger partial charge on any atom is 0.237 e. The summed E-state index contributed by atoms with van der Waals surface area (Å²) in [5.41, 5.74) is 0.709. The number of anilines is 1. The summed E-state index contributed by atoms with van der Waals surface area (Å²) >= 11 is 2.98. The van der Waals surface area contributed by atoms with Gasteiger partial charge in [-0.15, -0.1) is 11.3 Å². The van der Waals surface area contributed by atoms with E-state index in [2.05, 4.69) is 10.3 Å². The molecule has 0 fully saturated rings. The lowest BCUT2D eigenvalue weighted by Crippen LogP contribution is -2.22. The zero-order chi connectivity index (χ0) is 15.4. The minimum absolute atomic E-state index is 0.0605. The first-order valence-electron chi connectivity index (χ1n) is 6.99. The molecule has 0 spiro atoms. The molecule has 2 aromatic rings. The van der Waals surface area contributed by atoms with E-state index in [-0.39, 0.29) is 11.2 Å². The number of aromatic nitrogens is 1. The van der Waals surface area contributed by atoms with Crippen LogP contribution in [-0.4, -0.2) is 29.4 Å². The van der Waals surface area contributed by atoms with Gasteiger partial charge in [0.1, 0.15) is 0 Å². The van der Waals surface area contributed by atoms with E-state index < -0.39 is 0 Å². The summed E-state index contributed by atoms with van der Waals surface area (Å²) in [5.74, 6) is 1.34. The highest BCUT2D eigenvalue weighted by Gasteiger charge is 2.17. The Morgan fingerprint density at radius 3 is 2.95 bits per heavy atom. The van der Waals surface area contributed by atoms with E-state index in [9.17, 15) is 4.79 Å². The molecule has 0 saturated heterocycles. The molecule has 116 valence electrons. The molecule has 1 amide bonds. The molecule has 0 aliphatic carbocycles. The number of rotatable bonds is 4. The van der Waals surface area contributed by atoms with Crippen LogP contribution in [0.25, 0.3) is 0 Å². The van der Waals surface area contributed by atoms with Crippen LogP contribution in [0.1, 0.15) is 13.3 Å². The summed E-state index contributed by atoms with van der Waals surface area (Å²) in [5, 5.41) is 4.59. The topological polar surface area (TPSA) is 60.5 Å². The Bertz CT molecular complexity index is 646. The maximum absolute atomic E-state index is 12.2. The van der Waals surface area contributed by atoms with Gasteiger partial charge in [0.25, 0.3) is 0 Å². The fraction of sp³-hybridized carbons (Fsp3) is 0.333. The van der Waals surface area contributed by atoms with Gasteiger partial charge in [-0.2, -0.15) is 0 Å². The van der Waals surface area contributed by atoms with Gasteiger partial charge in [0.15, 0.2) is 15.8 Å². The number of fused-ring (bicyclic) bond motifs is 1. The third-order valence-corrected chi connectivity index (χ3v) is 5.09. The van der Waals surface area contributed by atoms with Crippen LogP contribution >= 0.6 is 23.1 Å². The first-order chi connectivity index (χ1) is 10.7. The Morgan fingerprint density at radius 2 is 2.18 bits per heavy atom. The average molecular weight is 336 g/mol. The van der Waals surface area contributed by atoms with Crippen LogP contribution in [0.5, 0.6) is 11.5 Å². The minimum Gasteiger partial charge on any atom is -0.490 e. The summed E-state index contributed by atoms with van der Waals surface area (Å²) in [4.78, 5) is 16.4. The summed E-state index contributed by atoms with van der Waals surface area (Å²) in [6.45, 7) is 3.14. The molecule has 1 N–H and O–H groups in total. The van der Waals surface area contributed by atoms with E-state index in [1.54, 1.807) is 12.3 Å². The fourth-order valence-corrected chi connectivity index (χ4v) is 3.73. The van der Waals surface area contributed by atoms with Crippen LogP contribution in [0, 0.1) is 0 Å². The number of thiazole rings is 1. The molecule has 0 radical (unpaired) electrons. The second-order valence-corrected chi connectivity index (χ2v) is 7.24. The van der Waals surface area contributed by atoms with Crippen LogP contribution in [0.15, 0.2) is 34.1 Å². The number of nitrogens with one attached hydrogen (secondary N) is 1. The van der Waals surface area contributed by atoms with Crippen molar-refractivity contribution >= 4 is 34.7 Å². The molecule has 7 heteroatoms. The van der Waals surface area contributed by atoms with Gasteiger partial charge in [0.05, 0.1) is 18.5 Å². The van der Waals surface area contributed by atoms with Crippen LogP contribution in [0.2, 0.25) is 0 Å². The number of carbonyl (C=O) groups excluding carboxylic acids is 1. The van der Waals surface area contributed by atoms with E-state index in [0.717, 1.165) is 16.5 Å². The van der Waals surface area contributed by atoms with Gasteiger partial charge in [-0.1, -0.05) is 11.8 Å². The molecule has 0 unspecified atom stereocenters. The van der Waals surface area contributed by atoms with Gasteiger partial charge in [-0.05, 0) is 19.1 Å². The van der Waals surface area contributed by atoms with E-state index in [1.165, 1.54) is 23.1 Å². The molecule has 1 aliphatic heterocycles. The molecular formula is C15H16N2O3S2. The Labute approximate surface area is 137 Å². The van der Waals surface area contributed by atoms with Crippen molar-refractivity contribution < 1.29 is 14.3 Å². The van der Waals surface area contributed by atoms with Crippen LogP contribution in [0.4, 0.5) is 5.69 Å². The highest BCUT2D eigenvalue weighted by Crippen LogP contribution is 2.33. The third kappa shape index (κ3) is 3.72. The second-order valence-electron chi connectivity index (χ2n) is 4.76. The minimum atomic E-state index is -0.220. The second kappa shape index (κ2) is 7.02. The molecule has 0 saturated carbocycles. The first kappa shape index (κ1) is 15.2. The molecular weight excluding hydrogens is 320 g/mol. The zero-order valence-corrected chi connectivity index (χ0v) is 13.7. The molecule has 5 nitrogen and oxygen atoms in total. The standard InChI is InChI=1S/C15H16N2O3S2/c1-10(22-15-16-5-8-21-15)14(18)17-11-3-4-12-13(9-11)20-7-2-6-19-12/h3-5,8-10H,2,6-7H2,1H3,(H,17,18)/t10-/m1/s1. The number of thioether (sulfide) groups is 1. The average Bonchev–Trinajstić information content (AvgIpc) is 2.90. The van der Waals surface area contributed by atoms with Gasteiger partial charge in [-0.3, -0.25) is 4.79 Å². The van der Waals surface area contributed by atoms with Crippen molar-refractivity contribution in [3.05, 3.63) is 29.8 Å². The van der Waals surface area contributed by atoms with Crippen LogP contribution < -0.4 is 14.8 Å². The summed E-state index contributed by atoms with van der Waals surface area (Å²) in [6.07, 6.45) is 2.60. The summed E-state index contributed by atoms with van der Waals surface area (Å²) in [6, 6.07) is 5.46. The van der Waals surface area contributed by atoms with E-state index in [0.29, 0.717) is 24.7 Å². The van der Waals surface area contributed by atoms with Gasteiger partial charge in [-0.25, -0.2) is 4.98 Å². The van der Waals surface area contributed by atoms with Crippen molar-refractivity contribution in [3.8, 4) is 11.5 Å². The van der Waals surface area contributed by atoms with Crippen molar-refractivity contribution in [2.75, 3.05) is 18.5 Å². The van der Waals surface area contributed by atoms with Crippen molar-refractivity contribution in [2.45, 2.75) is 22.9 Å². The van der Waals surface area contributed by atoms with Crippen molar-refractivity contribution in [1.82, 2.24) is 4.98 Å². The maximum atomic E-state index is 12.2. The van der Waals surface area contributed by atoms with E-state index in [4.69, 9.17) is 9.47 Å². The molecule has 1 aromatic carbocycles. The molecule has 1 atom stereocenters. The third-order valence-electron chi connectivity index (χ3n) is 3.07. The predicted molar refractivity (Wildman–Crippen MR) is 88.1 cm³/mol. The first-order valence-corrected chi connectivity index (χ1v) is 8.75. The Balaban J connectivity index is 1.64. The molecule has 1 aromatic heterocycles. The molecule has 3 rings (SSSR count). The van der Waals surface area contributed by atoms with E-state index >= 15 is 0 Å². The largest absolute Gasteiger partial charge is 0.490 e. The normalized spacial score (nSPS) is 15.0. The fourth-order valence-electron chi connectivity index (χ4n) is 1.96. The quantitative estimate of drug-likeness (QED) is 0.867. The van der Waals surface area contributed by atoms with Crippen LogP contribution in [0.3, 0.4) is 0 Å². The summed E-state index contributed by atoms with van der Waals surface area (Å²) in [7, 11) is 0. The number of ether oxygens (including phenoxy) is 2. The molecule has 1 aliphatic rings. The van der Waals surface area contributed by atoms with Crippen molar-refractivity contribution in [1.29, 1.82) is 0 Å². The number of amides is 1. The lowest BCUT2D eigenvalue weighted by atomic mass is 10.2. The SMILES string of the molecule is C[C@@H](Sc1nccs1)C(=O)Nc1ccc2c(c1)OCCCO2. The number of hydrogen-bond acceptors (Lipinski definition) is 6. The van der Waals surface area contributed by atoms with Gasteiger partial charge in [0, 0.05) is 29.8 Å². The Morgan fingerprint density at radius 1 is 1.36 bits per heavy atom. The van der Waals surface area contributed by atoms with Crippen molar-refractivity contribution in [3.63, 3.8) is 0 Å². The Kier molecular flexibility index (Phi) is 4.84. The number of carbonyl (C=O) groups is 1. The van der Waals surface area contributed by atoms with Gasteiger partial charge in [0.2, 0.25) is 5.91 Å². The molecule has 22 heavy (non-hydrogen) atoms. The van der Waals surface area contributed by atoms with Gasteiger partial charge >= 0.3 is 0 Å². The molecule has 2 heterocycles. The number of hydrogen-bond donors (Lipinski definition) is 1. The number of nitrogens with zero attached hydrogens (tertiary/aromatic N) is 1. The predicted octanol–water partition coefficient (Wildman–Crippen LogP) is 3.42. The van der Waals surface area contributed by atoms with E-state index in [1.807, 2.05) is 24.4 Å². The highest BCUT2D eigenvalue weighted by atomic mass is 32.2. The smallest absolute Gasteiger partial charge is 0.237 e.